The summed E-state index contributed by atoms with van der Waals surface area (Å²) in [6, 6.07) is 3.81. The number of hydrogen-bond donors (Lipinski definition) is 3. The van der Waals surface area contributed by atoms with Crippen LogP contribution in [-0.2, 0) is 26.7 Å². The van der Waals surface area contributed by atoms with Crippen molar-refractivity contribution in [3.05, 3.63) is 28.8 Å². The van der Waals surface area contributed by atoms with Gasteiger partial charge in [-0.2, -0.15) is 0 Å². The van der Waals surface area contributed by atoms with Gasteiger partial charge in [-0.1, -0.05) is 41.5 Å². The molecule has 0 spiro atoms. The van der Waals surface area contributed by atoms with E-state index < -0.39 is 7.60 Å². The molecular weight excluding hydrogens is 315 g/mol. The lowest BCUT2D eigenvalue weighted by atomic mass is 9.78. The summed E-state index contributed by atoms with van der Waals surface area (Å²) in [6.45, 7) is 12.5. The minimum Gasteiger partial charge on any atom is -0.507 e. The molecule has 0 heterocycles. The Morgan fingerprint density at radius 3 is 1.78 bits per heavy atom. The van der Waals surface area contributed by atoms with E-state index in [1.165, 1.54) is 0 Å². The van der Waals surface area contributed by atoms with Gasteiger partial charge in [0.15, 0.2) is 0 Å². The number of phenolic OH excluding ortho intramolecular Hbond substituents is 1. The zero-order valence-corrected chi connectivity index (χ0v) is 15.8. The molecule has 0 radical (unpaired) electrons. The molecular formula is C17H29O5P. The lowest BCUT2D eigenvalue weighted by Crippen LogP contribution is -2.18. The molecule has 0 amide bonds. The Hall–Kier alpha value is -0.870. The maximum atomic E-state index is 10.8. The topological polar surface area (TPSA) is 87.0 Å². The van der Waals surface area contributed by atoms with E-state index in [4.69, 9.17) is 14.5 Å². The van der Waals surface area contributed by atoms with Crippen LogP contribution in [0.25, 0.3) is 0 Å². The fourth-order valence-corrected chi connectivity index (χ4v) is 2.66. The van der Waals surface area contributed by atoms with Crippen molar-refractivity contribution in [2.24, 2.45) is 0 Å². The molecule has 5 nitrogen and oxygen atoms in total. The molecule has 0 aliphatic carbocycles. The van der Waals surface area contributed by atoms with Crippen LogP contribution in [0.15, 0.2) is 12.1 Å². The zero-order valence-electron chi connectivity index (χ0n) is 14.9. The first-order chi connectivity index (χ1) is 10.2. The fraction of sp³-hybridized carbons (Fsp3) is 0.647. The standard InChI is InChI=1S/C17H29O5P/c1-16(2,3)13-9-12(11-22-7-8-23(19,20)21)10-14(15(13)18)17(4,5)6/h9-10,18H,7-8,11H2,1-6H3,(H2,19,20,21). The molecule has 1 aromatic carbocycles. The molecule has 0 aliphatic rings. The first-order valence-electron chi connectivity index (χ1n) is 7.71. The van der Waals surface area contributed by atoms with Crippen molar-refractivity contribution in [3.8, 4) is 5.75 Å². The first-order valence-corrected chi connectivity index (χ1v) is 9.51. The van der Waals surface area contributed by atoms with Crippen LogP contribution in [0.4, 0.5) is 0 Å². The molecule has 6 heteroatoms. The Balaban J connectivity index is 3.07. The van der Waals surface area contributed by atoms with Crippen LogP contribution in [0.5, 0.6) is 5.75 Å². The Labute approximate surface area is 138 Å². The maximum absolute atomic E-state index is 10.8. The third-order valence-corrected chi connectivity index (χ3v) is 4.35. The zero-order chi connectivity index (χ0) is 18.1. The summed E-state index contributed by atoms with van der Waals surface area (Å²) in [5.41, 5.74) is 2.15. The van der Waals surface area contributed by atoms with E-state index in [0.717, 1.165) is 16.7 Å². The largest absolute Gasteiger partial charge is 0.507 e. The van der Waals surface area contributed by atoms with E-state index >= 15 is 0 Å². The van der Waals surface area contributed by atoms with Crippen molar-refractivity contribution in [2.75, 3.05) is 12.8 Å². The molecule has 0 unspecified atom stereocenters. The third-order valence-electron chi connectivity index (χ3n) is 3.58. The quantitative estimate of drug-likeness (QED) is 0.560. The lowest BCUT2D eigenvalue weighted by molar-refractivity contribution is 0.132. The number of ether oxygens (including phenoxy) is 1. The molecule has 0 aromatic heterocycles. The second-order valence-corrected chi connectivity index (χ2v) is 9.76. The van der Waals surface area contributed by atoms with Crippen molar-refractivity contribution >= 4 is 7.60 Å². The minimum absolute atomic E-state index is 0.000850. The van der Waals surface area contributed by atoms with E-state index in [0.29, 0.717) is 5.75 Å². The van der Waals surface area contributed by atoms with Gasteiger partial charge in [0.05, 0.1) is 19.4 Å². The number of hydrogen-bond acceptors (Lipinski definition) is 3. The molecule has 0 aliphatic heterocycles. The lowest BCUT2D eigenvalue weighted by Gasteiger charge is -2.28. The fourth-order valence-electron chi connectivity index (χ4n) is 2.29. The Morgan fingerprint density at radius 2 is 1.43 bits per heavy atom. The van der Waals surface area contributed by atoms with Gasteiger partial charge < -0.3 is 19.6 Å². The van der Waals surface area contributed by atoms with E-state index in [2.05, 4.69) is 0 Å². The smallest absolute Gasteiger partial charge is 0.327 e. The molecule has 0 bridgehead atoms. The second-order valence-electron chi connectivity index (χ2n) is 7.98. The van der Waals surface area contributed by atoms with Crippen LogP contribution in [0.3, 0.4) is 0 Å². The van der Waals surface area contributed by atoms with Crippen LogP contribution < -0.4 is 0 Å². The highest BCUT2D eigenvalue weighted by molar-refractivity contribution is 7.51. The van der Waals surface area contributed by atoms with Gasteiger partial charge in [0, 0.05) is 0 Å². The van der Waals surface area contributed by atoms with Crippen LogP contribution in [0, 0.1) is 0 Å². The van der Waals surface area contributed by atoms with Gasteiger partial charge in [-0.3, -0.25) is 4.57 Å². The van der Waals surface area contributed by atoms with E-state index in [1.807, 2.05) is 53.7 Å². The Morgan fingerprint density at radius 1 is 1.00 bits per heavy atom. The number of rotatable bonds is 5. The molecule has 23 heavy (non-hydrogen) atoms. The van der Waals surface area contributed by atoms with Crippen LogP contribution >= 0.6 is 7.60 Å². The summed E-state index contributed by atoms with van der Waals surface area (Å²) in [5.74, 6) is 0.309. The molecule has 132 valence electrons. The molecule has 3 N–H and O–H groups in total. The SMILES string of the molecule is CC(C)(C)c1cc(COCCP(=O)(O)O)cc(C(C)(C)C)c1O. The van der Waals surface area contributed by atoms with Gasteiger partial charge in [-0.25, -0.2) is 0 Å². The molecule has 1 aromatic rings. The summed E-state index contributed by atoms with van der Waals surface area (Å²) in [5, 5.41) is 10.6. The molecule has 1 rings (SSSR count). The van der Waals surface area contributed by atoms with Crippen molar-refractivity contribution in [1.29, 1.82) is 0 Å². The average Bonchev–Trinajstić information content (AvgIpc) is 2.32. The normalized spacial score (nSPS) is 13.4. The summed E-state index contributed by atoms with van der Waals surface area (Å²) in [7, 11) is -4.03. The Kier molecular flexibility index (Phi) is 6.09. The van der Waals surface area contributed by atoms with Crippen LogP contribution in [0.2, 0.25) is 0 Å². The highest BCUT2D eigenvalue weighted by Crippen LogP contribution is 2.40. The van der Waals surface area contributed by atoms with Gasteiger partial charge in [-0.05, 0) is 39.7 Å². The molecule has 0 saturated carbocycles. The molecule has 0 saturated heterocycles. The van der Waals surface area contributed by atoms with Crippen molar-refractivity contribution in [2.45, 2.75) is 59.0 Å². The van der Waals surface area contributed by atoms with Gasteiger partial charge in [0.1, 0.15) is 5.75 Å². The first kappa shape index (κ1) is 20.2. The van der Waals surface area contributed by atoms with Gasteiger partial charge in [0.25, 0.3) is 0 Å². The van der Waals surface area contributed by atoms with Gasteiger partial charge in [-0.15, -0.1) is 0 Å². The number of phenols is 1. The summed E-state index contributed by atoms with van der Waals surface area (Å²) in [4.78, 5) is 17.7. The Bertz CT molecular complexity index is 555. The number of benzene rings is 1. The van der Waals surface area contributed by atoms with E-state index in [-0.39, 0.29) is 30.2 Å². The molecule has 0 atom stereocenters. The average molecular weight is 344 g/mol. The van der Waals surface area contributed by atoms with Gasteiger partial charge >= 0.3 is 7.60 Å². The van der Waals surface area contributed by atoms with E-state index in [1.54, 1.807) is 0 Å². The highest BCUT2D eigenvalue weighted by Gasteiger charge is 2.26. The van der Waals surface area contributed by atoms with Crippen molar-refractivity contribution in [3.63, 3.8) is 0 Å². The van der Waals surface area contributed by atoms with E-state index in [9.17, 15) is 9.67 Å². The van der Waals surface area contributed by atoms with Crippen LogP contribution in [0.1, 0.15) is 58.2 Å². The minimum atomic E-state index is -4.03. The highest BCUT2D eigenvalue weighted by atomic mass is 31.2. The van der Waals surface area contributed by atoms with Crippen molar-refractivity contribution in [1.82, 2.24) is 0 Å². The predicted octanol–water partition coefficient (Wildman–Crippen LogP) is 3.68. The predicted molar refractivity (Wildman–Crippen MR) is 92.1 cm³/mol. The summed E-state index contributed by atoms with van der Waals surface area (Å²) < 4.78 is 16.2. The molecule has 0 fully saturated rings. The van der Waals surface area contributed by atoms with Crippen molar-refractivity contribution < 1.29 is 24.2 Å². The second kappa shape index (κ2) is 6.94. The maximum Gasteiger partial charge on any atom is 0.327 e. The summed E-state index contributed by atoms with van der Waals surface area (Å²) >= 11 is 0. The third kappa shape index (κ3) is 6.27. The van der Waals surface area contributed by atoms with Crippen LogP contribution in [-0.4, -0.2) is 27.7 Å². The summed E-state index contributed by atoms with van der Waals surface area (Å²) in [6.07, 6.45) is -0.288. The van der Waals surface area contributed by atoms with Gasteiger partial charge in [0.2, 0.25) is 0 Å². The number of aromatic hydroxyl groups is 1. The monoisotopic (exact) mass is 344 g/mol.